The third-order valence-electron chi connectivity index (χ3n) is 7.94. The Hall–Kier alpha value is -3.10. The summed E-state index contributed by atoms with van der Waals surface area (Å²) >= 11 is 0. The molecule has 9 nitrogen and oxygen atoms in total. The molecule has 0 spiro atoms. The molecule has 48 heavy (non-hydrogen) atoms. The van der Waals surface area contributed by atoms with Crippen LogP contribution in [0.15, 0.2) is 30.3 Å². The van der Waals surface area contributed by atoms with Gasteiger partial charge in [-0.3, -0.25) is 14.4 Å². The van der Waals surface area contributed by atoms with Gasteiger partial charge >= 0.3 is 18.0 Å². The number of esters is 2. The highest BCUT2D eigenvalue weighted by Crippen LogP contribution is 2.19. The predicted octanol–water partition coefficient (Wildman–Crippen LogP) is 9.10. The molecule has 0 bridgehead atoms. The highest BCUT2D eigenvalue weighted by atomic mass is 16.6. The lowest BCUT2D eigenvalue weighted by Crippen LogP contribution is -2.36. The summed E-state index contributed by atoms with van der Waals surface area (Å²) in [4.78, 5) is 48.0. The van der Waals surface area contributed by atoms with Crippen molar-refractivity contribution in [1.29, 1.82) is 0 Å². The number of benzene rings is 1. The Morgan fingerprint density at radius 2 is 1.08 bits per heavy atom. The van der Waals surface area contributed by atoms with Crippen LogP contribution in [0.5, 0.6) is 0 Å². The summed E-state index contributed by atoms with van der Waals surface area (Å²) in [5, 5.41) is 5.57. The molecule has 0 aliphatic carbocycles. The van der Waals surface area contributed by atoms with E-state index < -0.39 is 11.7 Å². The molecular weight excluding hydrogens is 608 g/mol. The first-order valence-corrected chi connectivity index (χ1v) is 18.5. The van der Waals surface area contributed by atoms with Crippen LogP contribution in [0.4, 0.5) is 4.79 Å². The molecule has 0 atom stereocenters. The normalized spacial score (nSPS) is 11.5. The first-order chi connectivity index (χ1) is 22.9. The molecule has 0 aliphatic rings. The zero-order valence-electron chi connectivity index (χ0n) is 30.8. The summed E-state index contributed by atoms with van der Waals surface area (Å²) in [6.07, 6.45) is 18.3. The van der Waals surface area contributed by atoms with Gasteiger partial charge in [0, 0.05) is 32.4 Å². The molecule has 0 saturated carbocycles. The fourth-order valence-corrected chi connectivity index (χ4v) is 5.31. The van der Waals surface area contributed by atoms with Gasteiger partial charge in [0.2, 0.25) is 5.91 Å². The first kappa shape index (κ1) is 42.9. The number of hydrogen-bond acceptors (Lipinski definition) is 7. The average Bonchev–Trinajstić information content (AvgIpc) is 3.00. The standard InChI is InChI=1S/C39H66N2O7/c1-38(2,3)47-36(44)26-21-16-14-12-10-8-6-7-9-11-13-15-17-22-30-40-34(42)28-31-41-37(45)48-39(4,5)29-23-27-35(43)46-32-33-24-19-18-20-25-33/h18-20,24-25H,6-17,21-23,26-32H2,1-5H3,(H,40,42)(H,41,45). The first-order valence-electron chi connectivity index (χ1n) is 18.5. The third kappa shape index (κ3) is 26.9. The second-order valence-electron chi connectivity index (χ2n) is 14.5. The topological polar surface area (TPSA) is 120 Å². The van der Waals surface area contributed by atoms with Crippen LogP contribution in [-0.4, -0.2) is 48.2 Å². The van der Waals surface area contributed by atoms with Gasteiger partial charge in [0.25, 0.3) is 0 Å². The largest absolute Gasteiger partial charge is 0.461 e. The van der Waals surface area contributed by atoms with Crippen molar-refractivity contribution in [3.8, 4) is 0 Å². The van der Waals surface area contributed by atoms with E-state index in [0.29, 0.717) is 25.8 Å². The number of unbranched alkanes of at least 4 members (excludes halogenated alkanes) is 13. The van der Waals surface area contributed by atoms with Gasteiger partial charge in [-0.1, -0.05) is 107 Å². The Balaban J connectivity index is 1.88. The Morgan fingerprint density at radius 3 is 1.65 bits per heavy atom. The van der Waals surface area contributed by atoms with E-state index in [-0.39, 0.29) is 49.4 Å². The van der Waals surface area contributed by atoms with E-state index >= 15 is 0 Å². The lowest BCUT2D eigenvalue weighted by Gasteiger charge is -2.25. The summed E-state index contributed by atoms with van der Waals surface area (Å²) in [6, 6.07) is 9.53. The van der Waals surface area contributed by atoms with E-state index in [4.69, 9.17) is 14.2 Å². The third-order valence-corrected chi connectivity index (χ3v) is 7.94. The van der Waals surface area contributed by atoms with Crippen LogP contribution >= 0.6 is 0 Å². The number of hydrogen-bond donors (Lipinski definition) is 2. The van der Waals surface area contributed by atoms with Crippen molar-refractivity contribution in [2.75, 3.05) is 13.1 Å². The Labute approximate surface area is 291 Å². The zero-order valence-corrected chi connectivity index (χ0v) is 30.8. The SMILES string of the molecule is CC(C)(C)OC(=O)CCCCCCCCCCCCCCCCNC(=O)CCNC(=O)OC(C)(C)CCCC(=O)OCc1ccccc1. The number of carbonyl (C=O) groups is 4. The van der Waals surface area contributed by atoms with E-state index in [2.05, 4.69) is 10.6 Å². The van der Waals surface area contributed by atoms with Crippen LogP contribution in [0.25, 0.3) is 0 Å². The number of ether oxygens (including phenoxy) is 3. The molecule has 1 rings (SSSR count). The fourth-order valence-electron chi connectivity index (χ4n) is 5.31. The highest BCUT2D eigenvalue weighted by Gasteiger charge is 2.23. The molecule has 2 N–H and O–H groups in total. The molecule has 1 aromatic rings. The Morgan fingerprint density at radius 1 is 0.562 bits per heavy atom. The highest BCUT2D eigenvalue weighted by molar-refractivity contribution is 5.77. The maximum Gasteiger partial charge on any atom is 0.407 e. The lowest BCUT2D eigenvalue weighted by molar-refractivity contribution is -0.155. The molecule has 0 aliphatic heterocycles. The van der Waals surface area contributed by atoms with E-state index in [1.54, 1.807) is 13.8 Å². The van der Waals surface area contributed by atoms with Gasteiger partial charge in [0.05, 0.1) is 0 Å². The van der Waals surface area contributed by atoms with Gasteiger partial charge in [-0.25, -0.2) is 4.79 Å². The second-order valence-corrected chi connectivity index (χ2v) is 14.5. The summed E-state index contributed by atoms with van der Waals surface area (Å²) in [6.45, 7) is 10.5. The maximum absolute atomic E-state index is 12.2. The van der Waals surface area contributed by atoms with Crippen molar-refractivity contribution < 1.29 is 33.4 Å². The van der Waals surface area contributed by atoms with Crippen LogP contribution in [0.1, 0.15) is 162 Å². The van der Waals surface area contributed by atoms with Crippen LogP contribution in [0, 0.1) is 0 Å². The minimum atomic E-state index is -0.737. The van der Waals surface area contributed by atoms with Crippen LogP contribution in [0.2, 0.25) is 0 Å². The van der Waals surface area contributed by atoms with Crippen LogP contribution in [0.3, 0.4) is 0 Å². The summed E-state index contributed by atoms with van der Waals surface area (Å²) in [5.74, 6) is -0.438. The van der Waals surface area contributed by atoms with Gasteiger partial charge in [-0.15, -0.1) is 0 Å². The smallest absolute Gasteiger partial charge is 0.407 e. The van der Waals surface area contributed by atoms with Crippen molar-refractivity contribution in [3.63, 3.8) is 0 Å². The molecule has 0 fully saturated rings. The van der Waals surface area contributed by atoms with Crippen LogP contribution < -0.4 is 10.6 Å². The quantitative estimate of drug-likeness (QED) is 0.0543. The number of carbonyl (C=O) groups excluding carboxylic acids is 4. The fraction of sp³-hybridized carbons (Fsp3) is 0.744. The van der Waals surface area contributed by atoms with E-state index in [1.165, 1.54) is 64.2 Å². The summed E-state index contributed by atoms with van der Waals surface area (Å²) < 4.78 is 16.1. The van der Waals surface area contributed by atoms with Crippen molar-refractivity contribution >= 4 is 23.9 Å². The number of rotatable bonds is 27. The minimum absolute atomic E-state index is 0.0793. The second kappa shape index (κ2) is 25.9. The molecule has 0 aromatic heterocycles. The molecule has 0 saturated heterocycles. The van der Waals surface area contributed by atoms with Gasteiger partial charge in [-0.2, -0.15) is 0 Å². The molecule has 0 heterocycles. The predicted molar refractivity (Wildman–Crippen MR) is 191 cm³/mol. The molecule has 9 heteroatoms. The number of alkyl carbamates (subject to hydrolysis) is 1. The van der Waals surface area contributed by atoms with E-state index in [9.17, 15) is 19.2 Å². The van der Waals surface area contributed by atoms with Gasteiger partial charge in [-0.05, 0) is 65.9 Å². The van der Waals surface area contributed by atoms with E-state index in [1.807, 2.05) is 51.1 Å². The van der Waals surface area contributed by atoms with Crippen molar-refractivity contribution in [2.45, 2.75) is 174 Å². The molecule has 0 radical (unpaired) electrons. The lowest BCUT2D eigenvalue weighted by atomic mass is 10.0. The molecule has 1 aromatic carbocycles. The number of amides is 2. The monoisotopic (exact) mass is 674 g/mol. The van der Waals surface area contributed by atoms with E-state index in [0.717, 1.165) is 31.2 Å². The van der Waals surface area contributed by atoms with Gasteiger partial charge in [0.15, 0.2) is 0 Å². The number of nitrogens with one attached hydrogen (secondary N) is 2. The molecule has 0 unspecified atom stereocenters. The summed E-state index contributed by atoms with van der Waals surface area (Å²) in [5.41, 5.74) is -0.180. The van der Waals surface area contributed by atoms with Crippen molar-refractivity contribution in [3.05, 3.63) is 35.9 Å². The van der Waals surface area contributed by atoms with Crippen molar-refractivity contribution in [2.24, 2.45) is 0 Å². The van der Waals surface area contributed by atoms with Crippen molar-refractivity contribution in [1.82, 2.24) is 10.6 Å². The zero-order chi connectivity index (χ0) is 35.5. The van der Waals surface area contributed by atoms with Crippen LogP contribution in [-0.2, 0) is 35.2 Å². The minimum Gasteiger partial charge on any atom is -0.461 e. The van der Waals surface area contributed by atoms with Gasteiger partial charge in [0.1, 0.15) is 17.8 Å². The molecule has 2 amide bonds. The Kier molecular flexibility index (Phi) is 23.1. The molecule has 274 valence electrons. The average molecular weight is 675 g/mol. The maximum atomic E-state index is 12.2. The molecular formula is C39H66N2O7. The summed E-state index contributed by atoms with van der Waals surface area (Å²) in [7, 11) is 0. The Bertz CT molecular complexity index is 1020. The van der Waals surface area contributed by atoms with Gasteiger partial charge < -0.3 is 24.8 Å².